The highest BCUT2D eigenvalue weighted by atomic mass is 35.5. The predicted molar refractivity (Wildman–Crippen MR) is 55.2 cm³/mol. The van der Waals surface area contributed by atoms with Gasteiger partial charge in [0.25, 0.3) is 0 Å². The number of benzene rings is 1. The molecule has 1 aromatic rings. The van der Waals surface area contributed by atoms with Gasteiger partial charge in [0.2, 0.25) is 0 Å². The molecule has 3 heteroatoms. The van der Waals surface area contributed by atoms with Crippen molar-refractivity contribution in [1.29, 1.82) is 0 Å². The number of halogens is 2. The molecule has 0 aliphatic heterocycles. The summed E-state index contributed by atoms with van der Waals surface area (Å²) in [6.07, 6.45) is 0. The van der Waals surface area contributed by atoms with Crippen molar-refractivity contribution in [3.8, 4) is 0 Å². The molecule has 76 valence electrons. The number of ketones is 1. The highest BCUT2D eigenvalue weighted by molar-refractivity contribution is 6.31. The molecule has 0 aliphatic carbocycles. The van der Waals surface area contributed by atoms with E-state index in [9.17, 15) is 9.18 Å². The monoisotopic (exact) mass is 214 g/mol. The highest BCUT2D eigenvalue weighted by Gasteiger charge is 2.25. The Hall–Kier alpha value is -0.890. The number of hydrogen-bond donors (Lipinski definition) is 0. The van der Waals surface area contributed by atoms with E-state index >= 15 is 0 Å². The van der Waals surface area contributed by atoms with Crippen LogP contribution in [0.1, 0.15) is 31.1 Å². The van der Waals surface area contributed by atoms with Crippen LogP contribution in [0, 0.1) is 11.2 Å². The fraction of sp³-hybridized carbons (Fsp3) is 0.364. The molecule has 0 radical (unpaired) electrons. The minimum Gasteiger partial charge on any atom is -0.293 e. The molecule has 0 N–H and O–H groups in total. The van der Waals surface area contributed by atoms with Crippen molar-refractivity contribution in [3.63, 3.8) is 0 Å². The maximum atomic E-state index is 13.4. The lowest BCUT2D eigenvalue weighted by Gasteiger charge is -2.17. The Balaban J connectivity index is 3.21. The first-order chi connectivity index (χ1) is 6.34. The van der Waals surface area contributed by atoms with Crippen molar-refractivity contribution in [1.82, 2.24) is 0 Å². The summed E-state index contributed by atoms with van der Waals surface area (Å²) in [5.41, 5.74) is -0.532. The lowest BCUT2D eigenvalue weighted by molar-refractivity contribution is 0.0854. The van der Waals surface area contributed by atoms with Crippen LogP contribution in [0.15, 0.2) is 18.2 Å². The zero-order chi connectivity index (χ0) is 10.9. The van der Waals surface area contributed by atoms with Crippen LogP contribution in [0.25, 0.3) is 0 Å². The molecule has 1 rings (SSSR count). The molecule has 1 nitrogen and oxygen atoms in total. The third-order valence-corrected chi connectivity index (χ3v) is 2.17. The van der Waals surface area contributed by atoms with E-state index < -0.39 is 11.2 Å². The molecule has 0 atom stereocenters. The standard InChI is InChI=1S/C11H12ClFO/c1-11(2,3)10(14)7-5-4-6-8(12)9(7)13/h4-6H,1-3H3. The third kappa shape index (κ3) is 2.13. The van der Waals surface area contributed by atoms with Crippen LogP contribution in [-0.4, -0.2) is 5.78 Å². The van der Waals surface area contributed by atoms with Gasteiger partial charge in [-0.25, -0.2) is 4.39 Å². The van der Waals surface area contributed by atoms with E-state index in [0.717, 1.165) is 0 Å². The molecule has 0 saturated heterocycles. The molecule has 0 aromatic heterocycles. The summed E-state index contributed by atoms with van der Waals surface area (Å²) in [5, 5.41) is -0.0138. The quantitative estimate of drug-likeness (QED) is 0.652. The fourth-order valence-corrected chi connectivity index (χ4v) is 1.26. The Bertz CT molecular complexity index is 366. The first-order valence-corrected chi connectivity index (χ1v) is 4.70. The van der Waals surface area contributed by atoms with E-state index in [1.807, 2.05) is 0 Å². The van der Waals surface area contributed by atoms with Crippen LogP contribution < -0.4 is 0 Å². The van der Waals surface area contributed by atoms with Gasteiger partial charge in [-0.2, -0.15) is 0 Å². The van der Waals surface area contributed by atoms with Gasteiger partial charge in [0.15, 0.2) is 11.6 Å². The second kappa shape index (κ2) is 3.70. The molecule has 0 amide bonds. The van der Waals surface area contributed by atoms with Crippen LogP contribution >= 0.6 is 11.6 Å². The molecule has 0 fully saturated rings. The zero-order valence-electron chi connectivity index (χ0n) is 8.40. The number of rotatable bonds is 1. The average Bonchev–Trinajstić information content (AvgIpc) is 2.07. The zero-order valence-corrected chi connectivity index (χ0v) is 9.15. The van der Waals surface area contributed by atoms with Crippen molar-refractivity contribution < 1.29 is 9.18 Å². The Morgan fingerprint density at radius 3 is 2.43 bits per heavy atom. The van der Waals surface area contributed by atoms with Crippen LogP contribution in [0.5, 0.6) is 0 Å². The van der Waals surface area contributed by atoms with Crippen molar-refractivity contribution in [2.75, 3.05) is 0 Å². The van der Waals surface area contributed by atoms with Crippen molar-refractivity contribution in [2.24, 2.45) is 5.41 Å². The lowest BCUT2D eigenvalue weighted by Crippen LogP contribution is -2.21. The van der Waals surface area contributed by atoms with Gasteiger partial charge in [-0.15, -0.1) is 0 Å². The molecule has 0 aliphatic rings. The summed E-state index contributed by atoms with van der Waals surface area (Å²) in [7, 11) is 0. The maximum absolute atomic E-state index is 13.4. The van der Waals surface area contributed by atoms with E-state index in [4.69, 9.17) is 11.6 Å². The van der Waals surface area contributed by atoms with E-state index in [1.165, 1.54) is 12.1 Å². The maximum Gasteiger partial charge on any atom is 0.171 e. The molecule has 1 aromatic carbocycles. The largest absolute Gasteiger partial charge is 0.293 e. The number of hydrogen-bond acceptors (Lipinski definition) is 1. The normalized spacial score (nSPS) is 11.5. The predicted octanol–water partition coefficient (Wildman–Crippen LogP) is 3.71. The number of carbonyl (C=O) groups excluding carboxylic acids is 1. The van der Waals surface area contributed by atoms with E-state index in [-0.39, 0.29) is 16.4 Å². The van der Waals surface area contributed by atoms with Crippen LogP contribution in [0.2, 0.25) is 5.02 Å². The topological polar surface area (TPSA) is 17.1 Å². The SMILES string of the molecule is CC(C)(C)C(=O)c1cccc(Cl)c1F. The van der Waals surface area contributed by atoms with Crippen molar-refractivity contribution in [2.45, 2.75) is 20.8 Å². The van der Waals surface area contributed by atoms with Crippen LogP contribution in [-0.2, 0) is 0 Å². The van der Waals surface area contributed by atoms with Gasteiger partial charge >= 0.3 is 0 Å². The summed E-state index contributed by atoms with van der Waals surface area (Å²) in [4.78, 5) is 11.7. The van der Waals surface area contributed by atoms with Gasteiger partial charge in [0.05, 0.1) is 10.6 Å². The Kier molecular flexibility index (Phi) is 2.95. The van der Waals surface area contributed by atoms with Crippen LogP contribution in [0.4, 0.5) is 4.39 Å². The Morgan fingerprint density at radius 2 is 1.93 bits per heavy atom. The lowest BCUT2D eigenvalue weighted by atomic mass is 9.86. The first kappa shape index (κ1) is 11.2. The van der Waals surface area contributed by atoms with Crippen molar-refractivity contribution in [3.05, 3.63) is 34.6 Å². The summed E-state index contributed by atoms with van der Waals surface area (Å²) in [6, 6.07) is 4.45. The molecule has 0 heterocycles. The highest BCUT2D eigenvalue weighted by Crippen LogP contribution is 2.25. The average molecular weight is 215 g/mol. The first-order valence-electron chi connectivity index (χ1n) is 4.33. The van der Waals surface area contributed by atoms with Gasteiger partial charge in [-0.3, -0.25) is 4.79 Å². The molecule has 14 heavy (non-hydrogen) atoms. The van der Waals surface area contributed by atoms with Gasteiger partial charge in [0.1, 0.15) is 0 Å². The summed E-state index contributed by atoms with van der Waals surface area (Å²) < 4.78 is 13.4. The molecule has 0 saturated carbocycles. The van der Waals surface area contributed by atoms with E-state index in [1.54, 1.807) is 26.8 Å². The number of Topliss-reactive ketones (excluding diaryl/α,β-unsaturated/α-hetero) is 1. The molecule has 0 spiro atoms. The molecular weight excluding hydrogens is 203 g/mol. The van der Waals surface area contributed by atoms with Crippen molar-refractivity contribution >= 4 is 17.4 Å². The smallest absolute Gasteiger partial charge is 0.171 e. The summed E-state index contributed by atoms with van der Waals surface area (Å²) in [6.45, 7) is 5.24. The Labute approximate surface area is 87.9 Å². The molecule has 0 bridgehead atoms. The summed E-state index contributed by atoms with van der Waals surface area (Å²) >= 11 is 5.58. The van der Waals surface area contributed by atoms with Gasteiger partial charge in [0, 0.05) is 5.41 Å². The van der Waals surface area contributed by atoms with Gasteiger partial charge < -0.3 is 0 Å². The minimum absolute atomic E-state index is 0.0138. The second-order valence-electron chi connectivity index (χ2n) is 4.18. The molecular formula is C11H12ClFO. The molecule has 0 unspecified atom stereocenters. The third-order valence-electron chi connectivity index (χ3n) is 1.88. The van der Waals surface area contributed by atoms with E-state index in [2.05, 4.69) is 0 Å². The number of carbonyl (C=O) groups is 1. The Morgan fingerprint density at radius 1 is 1.36 bits per heavy atom. The summed E-state index contributed by atoms with van der Waals surface area (Å²) in [5.74, 6) is -0.869. The van der Waals surface area contributed by atoms with Gasteiger partial charge in [-0.1, -0.05) is 38.4 Å². The minimum atomic E-state index is -0.630. The fourth-order valence-electron chi connectivity index (χ4n) is 1.08. The van der Waals surface area contributed by atoms with Gasteiger partial charge in [-0.05, 0) is 12.1 Å². The van der Waals surface area contributed by atoms with Crippen LogP contribution in [0.3, 0.4) is 0 Å². The second-order valence-corrected chi connectivity index (χ2v) is 4.59. The van der Waals surface area contributed by atoms with E-state index in [0.29, 0.717) is 0 Å².